The molecule has 0 fully saturated rings. The lowest BCUT2D eigenvalue weighted by molar-refractivity contribution is -0.754. The van der Waals surface area contributed by atoms with Crippen molar-refractivity contribution in [3.63, 3.8) is 0 Å². The highest BCUT2D eigenvalue weighted by Gasteiger charge is 2.21. The summed E-state index contributed by atoms with van der Waals surface area (Å²) in [5.41, 5.74) is 0. The van der Waals surface area contributed by atoms with Crippen LogP contribution < -0.4 is 4.90 Å². The molecule has 2 rings (SSSR count). The number of rotatable bonds is 0. The molecule has 0 bridgehead atoms. The molecule has 0 aliphatic carbocycles. The van der Waals surface area contributed by atoms with Crippen molar-refractivity contribution in [3.8, 4) is 0 Å². The molecule has 3 nitrogen and oxygen atoms in total. The van der Waals surface area contributed by atoms with Crippen LogP contribution in [-0.4, -0.2) is 16.9 Å². The van der Waals surface area contributed by atoms with E-state index in [4.69, 9.17) is 11.8 Å². The lowest BCUT2D eigenvalue weighted by Gasteiger charge is -2.19. The molecule has 2 heterocycles. The minimum atomic E-state index is 0.757. The number of nitrogens with zero attached hydrogens (tertiary/aromatic N) is 2. The highest BCUT2D eigenvalue weighted by atomic mass is 35.5. The van der Waals surface area contributed by atoms with Gasteiger partial charge in [0, 0.05) is 24.1 Å². The fourth-order valence-electron chi connectivity index (χ4n) is 1.03. The lowest BCUT2D eigenvalue weighted by Crippen LogP contribution is -3.11. The van der Waals surface area contributed by atoms with Crippen molar-refractivity contribution in [2.45, 2.75) is 0 Å². The van der Waals surface area contributed by atoms with E-state index in [2.05, 4.69) is 4.99 Å². The Bertz CT molecular complexity index is 231. The lowest BCUT2D eigenvalue weighted by atomic mass is 10.4. The maximum absolute atomic E-state index is 5.72. The smallest absolute Gasteiger partial charge is 0.233 e. The molecule has 0 saturated heterocycles. The van der Waals surface area contributed by atoms with Crippen LogP contribution in [0.2, 0.25) is 0 Å². The normalized spacial score (nSPS) is 28.7. The molecule has 0 amide bonds. The predicted octanol–water partition coefficient (Wildman–Crippen LogP) is -0.305. The first-order chi connectivity index (χ1) is 4.86. The van der Waals surface area contributed by atoms with Crippen molar-refractivity contribution in [1.29, 1.82) is 0 Å². The Labute approximate surface area is 64.0 Å². The van der Waals surface area contributed by atoms with Gasteiger partial charge in [0.05, 0.1) is 6.20 Å². The van der Waals surface area contributed by atoms with Crippen LogP contribution in [0.3, 0.4) is 0 Å². The molecule has 0 saturated carbocycles. The minimum Gasteiger partial charge on any atom is -0.242 e. The second-order valence-corrected chi connectivity index (χ2v) is 2.66. The van der Waals surface area contributed by atoms with Crippen LogP contribution in [0.5, 0.6) is 0 Å². The summed E-state index contributed by atoms with van der Waals surface area (Å²) in [4.78, 5) is 5.31. The van der Waals surface area contributed by atoms with Crippen LogP contribution in [0, 0.1) is 0 Å². The van der Waals surface area contributed by atoms with Gasteiger partial charge in [-0.05, 0) is 0 Å². The largest absolute Gasteiger partial charge is 0.242 e. The van der Waals surface area contributed by atoms with E-state index in [1.807, 2.05) is 18.5 Å². The van der Waals surface area contributed by atoms with Crippen LogP contribution in [0.4, 0.5) is 0 Å². The van der Waals surface area contributed by atoms with Gasteiger partial charge in [-0.1, -0.05) is 0 Å². The Balaban J connectivity index is 2.27. The van der Waals surface area contributed by atoms with E-state index in [1.54, 1.807) is 10.6 Å². The van der Waals surface area contributed by atoms with Crippen molar-refractivity contribution < 1.29 is 4.90 Å². The standard InChI is InChI=1S/C6H6ClN3/c7-10-3-1-6-8-2-4-9(6)5-10/h1-4H,5H2/p+1. The highest BCUT2D eigenvalue weighted by Crippen LogP contribution is 1.97. The summed E-state index contributed by atoms with van der Waals surface area (Å²) in [6.45, 7) is 0.757. The summed E-state index contributed by atoms with van der Waals surface area (Å²) in [5.74, 6) is 1.04. The zero-order valence-corrected chi connectivity index (χ0v) is 6.04. The van der Waals surface area contributed by atoms with Gasteiger partial charge in [0.25, 0.3) is 0 Å². The number of aliphatic imine (C=N–C) groups is 1. The SMILES string of the molecule is ClN1C=CC2=NC=C[NH+]2C1. The van der Waals surface area contributed by atoms with Gasteiger partial charge in [0.2, 0.25) is 5.84 Å². The first-order valence-corrected chi connectivity index (χ1v) is 3.41. The Morgan fingerprint density at radius 1 is 1.70 bits per heavy atom. The van der Waals surface area contributed by atoms with Crippen molar-refractivity contribution in [1.82, 2.24) is 4.42 Å². The van der Waals surface area contributed by atoms with E-state index < -0.39 is 0 Å². The Morgan fingerprint density at radius 3 is 3.50 bits per heavy atom. The monoisotopic (exact) mass is 156 g/mol. The second-order valence-electron chi connectivity index (χ2n) is 2.23. The van der Waals surface area contributed by atoms with Crippen molar-refractivity contribution >= 4 is 17.6 Å². The average Bonchev–Trinajstić information content (AvgIpc) is 2.33. The van der Waals surface area contributed by atoms with Gasteiger partial charge in [-0.15, -0.1) is 0 Å². The summed E-state index contributed by atoms with van der Waals surface area (Å²) >= 11 is 5.72. The van der Waals surface area contributed by atoms with Gasteiger partial charge < -0.3 is 0 Å². The Hall–Kier alpha value is -0.800. The van der Waals surface area contributed by atoms with Crippen LogP contribution in [0.25, 0.3) is 0 Å². The Morgan fingerprint density at radius 2 is 2.60 bits per heavy atom. The molecule has 2 aliphatic heterocycles. The van der Waals surface area contributed by atoms with Crippen molar-refractivity contribution in [2.24, 2.45) is 4.99 Å². The van der Waals surface area contributed by atoms with Crippen LogP contribution in [-0.2, 0) is 0 Å². The van der Waals surface area contributed by atoms with E-state index in [0.29, 0.717) is 0 Å². The Kier molecular flexibility index (Phi) is 1.25. The van der Waals surface area contributed by atoms with Crippen LogP contribution >= 0.6 is 11.8 Å². The number of hydrogen-bond donors (Lipinski definition) is 1. The topological polar surface area (TPSA) is 20.0 Å². The van der Waals surface area contributed by atoms with E-state index in [-0.39, 0.29) is 0 Å². The van der Waals surface area contributed by atoms with Gasteiger partial charge in [-0.2, -0.15) is 4.99 Å². The molecular formula is C6H7ClN3+. The molecule has 0 aromatic heterocycles. The van der Waals surface area contributed by atoms with Crippen molar-refractivity contribution in [2.75, 3.05) is 6.67 Å². The maximum atomic E-state index is 5.72. The van der Waals surface area contributed by atoms with Crippen LogP contribution in [0.15, 0.2) is 29.7 Å². The number of amidine groups is 1. The fourth-order valence-corrected chi connectivity index (χ4v) is 1.21. The molecule has 0 spiro atoms. The summed E-state index contributed by atoms with van der Waals surface area (Å²) in [7, 11) is 0. The van der Waals surface area contributed by atoms with E-state index in [1.165, 1.54) is 4.90 Å². The molecule has 4 heteroatoms. The summed E-state index contributed by atoms with van der Waals surface area (Å²) < 4.78 is 1.62. The summed E-state index contributed by atoms with van der Waals surface area (Å²) in [6, 6.07) is 0. The maximum Gasteiger partial charge on any atom is 0.233 e. The number of fused-ring (bicyclic) bond motifs is 1. The average molecular weight is 157 g/mol. The highest BCUT2D eigenvalue weighted by molar-refractivity contribution is 6.14. The van der Waals surface area contributed by atoms with Gasteiger partial charge in [-0.3, -0.25) is 0 Å². The van der Waals surface area contributed by atoms with E-state index in [0.717, 1.165) is 12.5 Å². The molecule has 0 radical (unpaired) electrons. The first-order valence-electron chi connectivity index (χ1n) is 3.07. The van der Waals surface area contributed by atoms with E-state index >= 15 is 0 Å². The number of quaternary nitrogens is 1. The molecule has 1 N–H and O–H groups in total. The third kappa shape index (κ3) is 0.836. The molecular weight excluding hydrogens is 150 g/mol. The number of hydrogen-bond acceptors (Lipinski definition) is 2. The fraction of sp³-hybridized carbons (Fsp3) is 0.167. The molecule has 10 heavy (non-hydrogen) atoms. The van der Waals surface area contributed by atoms with Gasteiger partial charge in [0.1, 0.15) is 6.20 Å². The quantitative estimate of drug-likeness (QED) is 0.478. The second kappa shape index (κ2) is 2.11. The number of halogens is 1. The predicted molar refractivity (Wildman–Crippen MR) is 39.2 cm³/mol. The third-order valence-corrected chi connectivity index (χ3v) is 1.77. The zero-order valence-electron chi connectivity index (χ0n) is 5.29. The molecule has 1 unspecified atom stereocenters. The number of nitrogens with one attached hydrogen (secondary N) is 1. The third-order valence-electron chi connectivity index (χ3n) is 1.53. The van der Waals surface area contributed by atoms with Crippen molar-refractivity contribution in [3.05, 3.63) is 24.7 Å². The molecule has 1 atom stereocenters. The molecule has 0 aromatic rings. The molecule has 2 aliphatic rings. The summed E-state index contributed by atoms with van der Waals surface area (Å²) in [5, 5.41) is 0. The zero-order chi connectivity index (χ0) is 6.97. The minimum absolute atomic E-state index is 0.757. The van der Waals surface area contributed by atoms with Crippen LogP contribution in [0.1, 0.15) is 0 Å². The first kappa shape index (κ1) is 5.95. The van der Waals surface area contributed by atoms with E-state index in [9.17, 15) is 0 Å². The molecule has 52 valence electrons. The molecule has 0 aromatic carbocycles. The van der Waals surface area contributed by atoms with Gasteiger partial charge >= 0.3 is 0 Å². The summed E-state index contributed by atoms with van der Waals surface area (Å²) in [6.07, 6.45) is 7.50. The van der Waals surface area contributed by atoms with Gasteiger partial charge in [0.15, 0.2) is 6.67 Å². The van der Waals surface area contributed by atoms with Gasteiger partial charge in [-0.25, -0.2) is 9.32 Å².